The topological polar surface area (TPSA) is 54.6 Å². The van der Waals surface area contributed by atoms with Crippen LogP contribution in [-0.2, 0) is 17.5 Å². The summed E-state index contributed by atoms with van der Waals surface area (Å²) >= 11 is 0. The fraction of sp³-hybridized carbons (Fsp3) is 0.304. The van der Waals surface area contributed by atoms with Crippen LogP contribution >= 0.6 is 0 Å². The number of alkyl halides is 3. The normalized spacial score (nSPS) is 14.4. The zero-order chi connectivity index (χ0) is 23.6. The number of ether oxygens (including phenoxy) is 1. The number of morpholine rings is 1. The Balaban J connectivity index is 1.59. The lowest BCUT2D eigenvalue weighted by Gasteiger charge is -2.37. The number of anilines is 1. The average molecular weight is 462 g/mol. The van der Waals surface area contributed by atoms with Crippen LogP contribution in [0, 0.1) is 12.7 Å². The molecule has 3 aromatic rings. The molecule has 0 spiro atoms. The van der Waals surface area contributed by atoms with Crippen molar-refractivity contribution in [3.63, 3.8) is 0 Å². The molecule has 1 aromatic heterocycles. The van der Waals surface area contributed by atoms with E-state index in [-0.39, 0.29) is 11.7 Å². The van der Waals surface area contributed by atoms with E-state index in [2.05, 4.69) is 16.8 Å². The predicted molar refractivity (Wildman–Crippen MR) is 114 cm³/mol. The van der Waals surface area contributed by atoms with Gasteiger partial charge in [0.15, 0.2) is 0 Å². The Morgan fingerprint density at radius 3 is 2.39 bits per heavy atom. The lowest BCUT2D eigenvalue weighted by molar-refractivity contribution is -0.156. The van der Waals surface area contributed by atoms with Gasteiger partial charge in [0.2, 0.25) is 5.89 Å². The van der Waals surface area contributed by atoms with Crippen molar-refractivity contribution in [3.05, 3.63) is 77.7 Å². The second-order valence-electron chi connectivity index (χ2n) is 7.66. The van der Waals surface area contributed by atoms with Crippen molar-refractivity contribution in [2.24, 2.45) is 0 Å². The van der Waals surface area contributed by atoms with Crippen LogP contribution in [0.3, 0.4) is 0 Å². The van der Waals surface area contributed by atoms with Gasteiger partial charge in [-0.25, -0.2) is 4.39 Å². The maximum atomic E-state index is 14.9. The largest absolute Gasteiger partial charge is 0.470 e. The van der Waals surface area contributed by atoms with Gasteiger partial charge in [-0.3, -0.25) is 0 Å². The smallest absolute Gasteiger partial charge is 0.413 e. The minimum absolute atomic E-state index is 0.229. The molecule has 0 N–H and O–H groups in total. The maximum absolute atomic E-state index is 14.9. The number of nitrogens with zero attached hydrogens (tertiary/aromatic N) is 4. The third kappa shape index (κ3) is 5.16. The molecule has 0 radical (unpaired) electrons. The molecule has 33 heavy (non-hydrogen) atoms. The van der Waals surface area contributed by atoms with Gasteiger partial charge < -0.3 is 19.0 Å². The summed E-state index contributed by atoms with van der Waals surface area (Å²) in [6, 6.07) is 11.6. The number of halogens is 4. The minimum atomic E-state index is -4.70. The number of aromatic nitrogens is 2. The Morgan fingerprint density at radius 1 is 1.09 bits per heavy atom. The molecule has 10 heteroatoms. The summed E-state index contributed by atoms with van der Waals surface area (Å²) in [5.41, 5.74) is 2.33. The first kappa shape index (κ1) is 22.8. The van der Waals surface area contributed by atoms with Crippen molar-refractivity contribution in [2.45, 2.75) is 19.6 Å². The molecule has 4 rings (SSSR count). The molecule has 1 aliphatic heterocycles. The van der Waals surface area contributed by atoms with E-state index in [0.29, 0.717) is 49.9 Å². The SMILES string of the molecule is C=C(N1CCOCC1)N(Cc1ccc(-c2nnc(C(F)(F)F)o2)cc1)c1ccc(C)cc1F. The van der Waals surface area contributed by atoms with Crippen LogP contribution in [0.15, 0.2) is 59.3 Å². The zero-order valence-electron chi connectivity index (χ0n) is 17.9. The molecule has 2 heterocycles. The van der Waals surface area contributed by atoms with Gasteiger partial charge in [0.25, 0.3) is 0 Å². The fourth-order valence-corrected chi connectivity index (χ4v) is 3.53. The predicted octanol–water partition coefficient (Wildman–Crippen LogP) is 5.01. The van der Waals surface area contributed by atoms with Crippen LogP contribution in [0.1, 0.15) is 17.0 Å². The van der Waals surface area contributed by atoms with Crippen LogP contribution in [0.4, 0.5) is 23.2 Å². The lowest BCUT2D eigenvalue weighted by atomic mass is 10.1. The van der Waals surface area contributed by atoms with Crippen molar-refractivity contribution in [2.75, 3.05) is 31.2 Å². The second kappa shape index (κ2) is 9.22. The third-order valence-electron chi connectivity index (χ3n) is 5.29. The summed E-state index contributed by atoms with van der Waals surface area (Å²) in [5, 5.41) is 6.52. The Bertz CT molecular complexity index is 1120. The van der Waals surface area contributed by atoms with Crippen molar-refractivity contribution in [1.82, 2.24) is 15.1 Å². The van der Waals surface area contributed by atoms with Crippen LogP contribution in [0.25, 0.3) is 11.5 Å². The molecule has 6 nitrogen and oxygen atoms in total. The molecule has 0 amide bonds. The third-order valence-corrected chi connectivity index (χ3v) is 5.29. The summed E-state index contributed by atoms with van der Waals surface area (Å²) in [6.45, 7) is 8.70. The highest BCUT2D eigenvalue weighted by atomic mass is 19.4. The van der Waals surface area contributed by atoms with Crippen molar-refractivity contribution < 1.29 is 26.7 Å². The number of rotatable bonds is 6. The van der Waals surface area contributed by atoms with E-state index in [0.717, 1.165) is 11.1 Å². The fourth-order valence-electron chi connectivity index (χ4n) is 3.53. The van der Waals surface area contributed by atoms with E-state index in [9.17, 15) is 17.6 Å². The first-order chi connectivity index (χ1) is 15.7. The molecule has 0 saturated carbocycles. The van der Waals surface area contributed by atoms with E-state index in [4.69, 9.17) is 9.15 Å². The highest BCUT2D eigenvalue weighted by Crippen LogP contribution is 2.31. The quantitative estimate of drug-likeness (QED) is 0.480. The highest BCUT2D eigenvalue weighted by molar-refractivity contribution is 5.56. The first-order valence-electron chi connectivity index (χ1n) is 10.3. The Hall–Kier alpha value is -3.40. The summed E-state index contributed by atoms with van der Waals surface area (Å²) in [5.74, 6) is -1.36. The molecule has 0 aliphatic carbocycles. The van der Waals surface area contributed by atoms with Gasteiger partial charge in [0.1, 0.15) is 11.6 Å². The van der Waals surface area contributed by atoms with E-state index in [1.54, 1.807) is 35.2 Å². The molecule has 174 valence electrons. The summed E-state index contributed by atoms with van der Waals surface area (Å²) in [4.78, 5) is 3.82. The number of benzene rings is 2. The Morgan fingerprint density at radius 2 is 1.79 bits per heavy atom. The Kier molecular flexibility index (Phi) is 6.37. The van der Waals surface area contributed by atoms with E-state index >= 15 is 0 Å². The average Bonchev–Trinajstić information content (AvgIpc) is 3.30. The highest BCUT2D eigenvalue weighted by Gasteiger charge is 2.38. The van der Waals surface area contributed by atoms with E-state index in [1.807, 2.05) is 17.9 Å². The minimum Gasteiger partial charge on any atom is -0.413 e. The summed E-state index contributed by atoms with van der Waals surface area (Å²) in [6.07, 6.45) is -4.70. The van der Waals surface area contributed by atoms with Crippen LogP contribution in [0.2, 0.25) is 0 Å². The molecule has 0 bridgehead atoms. The molecule has 1 aliphatic rings. The molecular formula is C23H22F4N4O2. The second-order valence-corrected chi connectivity index (χ2v) is 7.66. The van der Waals surface area contributed by atoms with Gasteiger partial charge in [0.05, 0.1) is 18.9 Å². The van der Waals surface area contributed by atoms with Gasteiger partial charge in [-0.2, -0.15) is 13.2 Å². The van der Waals surface area contributed by atoms with Gasteiger partial charge in [-0.05, 0) is 42.3 Å². The zero-order valence-corrected chi connectivity index (χ0v) is 17.9. The van der Waals surface area contributed by atoms with Gasteiger partial charge in [0, 0.05) is 25.2 Å². The summed E-state index contributed by atoms with van der Waals surface area (Å²) in [7, 11) is 0. The standard InChI is InChI=1S/C23H22F4N4O2/c1-15-3-8-20(19(24)13-15)31(16(2)30-9-11-32-12-10-30)14-17-4-6-18(7-5-17)21-28-29-22(33-21)23(25,26)27/h3-8,13H,2,9-12,14H2,1H3. The molecule has 0 unspecified atom stereocenters. The van der Waals surface area contributed by atoms with Crippen LogP contribution in [0.5, 0.6) is 0 Å². The van der Waals surface area contributed by atoms with Crippen molar-refractivity contribution in [1.29, 1.82) is 0 Å². The van der Waals surface area contributed by atoms with Crippen LogP contribution < -0.4 is 4.90 Å². The lowest BCUT2D eigenvalue weighted by Crippen LogP contribution is -2.41. The van der Waals surface area contributed by atoms with Crippen LogP contribution in [-0.4, -0.2) is 41.4 Å². The van der Waals surface area contributed by atoms with Gasteiger partial charge in [-0.1, -0.05) is 24.8 Å². The maximum Gasteiger partial charge on any atom is 0.470 e. The molecule has 1 saturated heterocycles. The number of aryl methyl sites for hydroxylation is 1. The monoisotopic (exact) mass is 462 g/mol. The Labute approximate surface area is 188 Å². The molecule has 2 aromatic carbocycles. The molecular weight excluding hydrogens is 440 g/mol. The van der Waals surface area contributed by atoms with Gasteiger partial charge in [-0.15, -0.1) is 10.2 Å². The summed E-state index contributed by atoms with van der Waals surface area (Å²) < 4.78 is 63.2. The number of hydrogen-bond acceptors (Lipinski definition) is 6. The first-order valence-corrected chi connectivity index (χ1v) is 10.3. The van der Waals surface area contributed by atoms with Crippen molar-refractivity contribution in [3.8, 4) is 11.5 Å². The van der Waals surface area contributed by atoms with E-state index < -0.39 is 12.1 Å². The van der Waals surface area contributed by atoms with E-state index in [1.165, 1.54) is 6.07 Å². The number of hydrogen-bond donors (Lipinski definition) is 0. The molecule has 0 atom stereocenters. The van der Waals surface area contributed by atoms with Gasteiger partial charge >= 0.3 is 12.1 Å². The van der Waals surface area contributed by atoms with Crippen molar-refractivity contribution >= 4 is 5.69 Å². The molecule has 1 fully saturated rings.